The molecule has 0 bridgehead atoms. The molecule has 8 rings (SSSR count). The molecule has 13 heteroatoms. The van der Waals surface area contributed by atoms with Crippen LogP contribution in [0.25, 0.3) is 45.1 Å². The number of furan rings is 1. The van der Waals surface area contributed by atoms with E-state index in [1.54, 1.807) is 23.7 Å². The maximum absolute atomic E-state index is 11.6. The van der Waals surface area contributed by atoms with E-state index >= 15 is 0 Å². The van der Waals surface area contributed by atoms with Gasteiger partial charge < -0.3 is 29.7 Å². The Bertz CT molecular complexity index is 2330. The topological polar surface area (TPSA) is 132 Å². The van der Waals surface area contributed by atoms with Gasteiger partial charge in [-0.2, -0.15) is 0 Å². The third kappa shape index (κ3) is 6.37. The van der Waals surface area contributed by atoms with E-state index in [4.69, 9.17) is 4.42 Å². The van der Waals surface area contributed by atoms with Crippen molar-refractivity contribution in [1.82, 2.24) is 29.9 Å². The maximum atomic E-state index is 11.6. The second-order valence-electron chi connectivity index (χ2n) is 11.1. The molecule has 6 aromatic heterocycles. The van der Waals surface area contributed by atoms with Crippen LogP contribution >= 0.6 is 43.2 Å². The fourth-order valence-electron chi connectivity index (χ4n) is 5.44. The van der Waals surface area contributed by atoms with E-state index in [9.17, 15) is 5.11 Å². The van der Waals surface area contributed by atoms with Gasteiger partial charge in [0.2, 0.25) is 0 Å². The molecular weight excluding hydrogens is 756 g/mol. The van der Waals surface area contributed by atoms with Crippen molar-refractivity contribution in [3.05, 3.63) is 128 Å². The Labute approximate surface area is 295 Å². The highest BCUT2D eigenvalue weighted by atomic mass is 79.9. The van der Waals surface area contributed by atoms with Crippen molar-refractivity contribution in [2.45, 2.75) is 19.3 Å². The molecule has 1 unspecified atom stereocenters. The van der Waals surface area contributed by atoms with Crippen LogP contribution in [-0.2, 0) is 13.1 Å². The first-order valence-electron chi connectivity index (χ1n) is 15.0. The van der Waals surface area contributed by atoms with E-state index < -0.39 is 6.23 Å². The number of imidazole rings is 2. The number of thiophene rings is 1. The minimum atomic E-state index is -1.00. The number of aliphatic hydroxyl groups excluding tert-OH is 1. The molecular formula is C35H26Br2N8O2S. The molecule has 0 saturated carbocycles. The van der Waals surface area contributed by atoms with E-state index in [0.717, 1.165) is 59.0 Å². The first-order chi connectivity index (χ1) is 23.4. The molecule has 0 radical (unpaired) electrons. The van der Waals surface area contributed by atoms with Gasteiger partial charge in [-0.25, -0.2) is 19.9 Å². The number of hydrogen-bond acceptors (Lipinski definition) is 9. The zero-order valence-corrected chi connectivity index (χ0v) is 29.1. The quantitative estimate of drug-likeness (QED) is 0.101. The van der Waals surface area contributed by atoms with Crippen LogP contribution in [-0.4, -0.2) is 35.0 Å². The molecule has 48 heavy (non-hydrogen) atoms. The van der Waals surface area contributed by atoms with Crippen LogP contribution in [0.3, 0.4) is 0 Å². The lowest BCUT2D eigenvalue weighted by Gasteiger charge is -2.28. The van der Waals surface area contributed by atoms with Crippen LogP contribution in [0, 0.1) is 0 Å². The second kappa shape index (κ2) is 13.0. The van der Waals surface area contributed by atoms with Gasteiger partial charge in [0, 0.05) is 48.7 Å². The van der Waals surface area contributed by atoms with Gasteiger partial charge >= 0.3 is 0 Å². The lowest BCUT2D eigenvalue weighted by Crippen LogP contribution is -2.27. The zero-order chi connectivity index (χ0) is 32.6. The lowest BCUT2D eigenvalue weighted by atomic mass is 10.1. The van der Waals surface area contributed by atoms with Crippen molar-refractivity contribution >= 4 is 76.9 Å². The molecule has 0 fully saturated rings. The van der Waals surface area contributed by atoms with Crippen LogP contribution < -0.4 is 10.2 Å². The van der Waals surface area contributed by atoms with E-state index in [2.05, 4.69) is 73.1 Å². The molecule has 0 saturated heterocycles. The normalized spacial score (nSPS) is 12.1. The monoisotopic (exact) mass is 780 g/mol. The number of pyridine rings is 2. The van der Waals surface area contributed by atoms with E-state index in [0.29, 0.717) is 35.9 Å². The van der Waals surface area contributed by atoms with Gasteiger partial charge in [-0.05, 0) is 116 Å². The maximum Gasteiger partial charge on any atom is 0.187 e. The summed E-state index contributed by atoms with van der Waals surface area (Å²) < 4.78 is 7.94. The summed E-state index contributed by atoms with van der Waals surface area (Å²) in [5.41, 5.74) is 6.71. The van der Waals surface area contributed by atoms with Crippen molar-refractivity contribution in [3.8, 4) is 22.8 Å². The number of halogens is 2. The average molecular weight is 783 g/mol. The summed E-state index contributed by atoms with van der Waals surface area (Å²) in [5, 5.41) is 17.1. The third-order valence-corrected chi connectivity index (χ3v) is 9.57. The van der Waals surface area contributed by atoms with Gasteiger partial charge in [0.1, 0.15) is 17.4 Å². The number of hydrogen-bond donors (Lipinski definition) is 4. The summed E-state index contributed by atoms with van der Waals surface area (Å²) in [7, 11) is 0. The van der Waals surface area contributed by atoms with Crippen LogP contribution in [0.2, 0.25) is 0 Å². The Kier molecular flexibility index (Phi) is 8.26. The summed E-state index contributed by atoms with van der Waals surface area (Å²) in [6.45, 7) is 0.969. The third-order valence-electron chi connectivity index (χ3n) is 7.84. The predicted molar refractivity (Wildman–Crippen MR) is 196 cm³/mol. The van der Waals surface area contributed by atoms with Crippen molar-refractivity contribution in [3.63, 3.8) is 0 Å². The Balaban J connectivity index is 0.966. The molecule has 0 amide bonds. The van der Waals surface area contributed by atoms with Gasteiger partial charge in [-0.1, -0.05) is 6.07 Å². The predicted octanol–water partition coefficient (Wildman–Crippen LogP) is 9.05. The SMILES string of the molecule is OC(c1ccc(CNc2ccc(-c3nc4ncc(Br)cc4[nH]3)cc2)o1)N(Cc1cccs1)c1ccc(-c2nc3ncc(Br)cc3[nH]2)cc1. The first kappa shape index (κ1) is 30.5. The number of fused-ring (bicyclic) bond motifs is 2. The Morgan fingerprint density at radius 3 is 2.04 bits per heavy atom. The molecule has 238 valence electrons. The fourth-order valence-corrected chi connectivity index (χ4v) is 6.80. The summed E-state index contributed by atoms with van der Waals surface area (Å²) in [6, 6.07) is 27.7. The Hall–Kier alpha value is -4.82. The lowest BCUT2D eigenvalue weighted by molar-refractivity contribution is 0.141. The van der Waals surface area contributed by atoms with E-state index in [1.807, 2.05) is 89.1 Å². The molecule has 6 heterocycles. The van der Waals surface area contributed by atoms with Crippen molar-refractivity contribution in [1.29, 1.82) is 0 Å². The second-order valence-corrected chi connectivity index (χ2v) is 13.9. The summed E-state index contributed by atoms with van der Waals surface area (Å²) in [5.74, 6) is 2.65. The van der Waals surface area contributed by atoms with Gasteiger partial charge in [0.05, 0.1) is 24.1 Å². The largest absolute Gasteiger partial charge is 0.459 e. The minimum absolute atomic E-state index is 0.456. The summed E-state index contributed by atoms with van der Waals surface area (Å²) in [6.07, 6.45) is 2.46. The highest BCUT2D eigenvalue weighted by Gasteiger charge is 2.23. The number of H-pyrrole nitrogens is 2. The molecule has 4 N–H and O–H groups in total. The molecule has 8 aromatic rings. The van der Waals surface area contributed by atoms with Gasteiger partial charge in [-0.15, -0.1) is 11.3 Å². The molecule has 0 aliphatic heterocycles. The number of aromatic nitrogens is 6. The number of anilines is 2. The number of nitrogens with one attached hydrogen (secondary N) is 3. The van der Waals surface area contributed by atoms with Gasteiger partial charge in [0.15, 0.2) is 23.3 Å². The number of nitrogens with zero attached hydrogens (tertiary/aromatic N) is 5. The van der Waals surface area contributed by atoms with Crippen LogP contribution in [0.5, 0.6) is 0 Å². The Morgan fingerprint density at radius 2 is 1.44 bits per heavy atom. The van der Waals surface area contributed by atoms with Crippen LogP contribution in [0.1, 0.15) is 22.6 Å². The number of rotatable bonds is 10. The fraction of sp³-hybridized carbons (Fsp3) is 0.0857. The molecule has 0 aliphatic carbocycles. The molecule has 1 atom stereocenters. The summed E-state index contributed by atoms with van der Waals surface area (Å²) in [4.78, 5) is 27.7. The smallest absolute Gasteiger partial charge is 0.187 e. The molecule has 2 aromatic carbocycles. The van der Waals surface area contributed by atoms with E-state index in [1.165, 1.54) is 0 Å². The number of aliphatic hydroxyl groups is 1. The molecule has 0 aliphatic rings. The number of benzene rings is 2. The van der Waals surface area contributed by atoms with Crippen molar-refractivity contribution < 1.29 is 9.52 Å². The first-order valence-corrected chi connectivity index (χ1v) is 17.4. The number of aromatic amines is 2. The zero-order valence-electron chi connectivity index (χ0n) is 25.1. The highest BCUT2D eigenvalue weighted by Crippen LogP contribution is 2.32. The van der Waals surface area contributed by atoms with Crippen LogP contribution in [0.15, 0.2) is 116 Å². The Morgan fingerprint density at radius 1 is 0.812 bits per heavy atom. The molecule has 0 spiro atoms. The van der Waals surface area contributed by atoms with Crippen LogP contribution in [0.4, 0.5) is 11.4 Å². The van der Waals surface area contributed by atoms with Gasteiger partial charge in [-0.3, -0.25) is 0 Å². The van der Waals surface area contributed by atoms with Crippen molar-refractivity contribution in [2.75, 3.05) is 10.2 Å². The summed E-state index contributed by atoms with van der Waals surface area (Å²) >= 11 is 8.56. The highest BCUT2D eigenvalue weighted by molar-refractivity contribution is 9.10. The van der Waals surface area contributed by atoms with Gasteiger partial charge in [0.25, 0.3) is 0 Å². The minimum Gasteiger partial charge on any atom is -0.459 e. The van der Waals surface area contributed by atoms with E-state index in [-0.39, 0.29) is 0 Å². The standard InChI is InChI=1S/C35H26Br2N8O2S/c36-22-14-28-33(39-16-22)43-31(41-28)20-3-7-24(8-4-20)38-18-26-11-12-30(47-26)35(46)45(19-27-2-1-13-48-27)25-9-5-21(6-10-25)32-42-29-15-23(37)17-40-34(29)44-32/h1-17,35,38,46H,18-19H2,(H,39,41,43)(H,40,42,44). The van der Waals surface area contributed by atoms with Crippen molar-refractivity contribution in [2.24, 2.45) is 0 Å². The average Bonchev–Trinajstić information content (AvgIpc) is 3.93. The molecule has 10 nitrogen and oxygen atoms in total.